The van der Waals surface area contributed by atoms with Crippen LogP contribution in [0.5, 0.6) is 11.5 Å². The fourth-order valence-electron chi connectivity index (χ4n) is 4.14. The highest BCUT2D eigenvalue weighted by atomic mass is 79.9. The van der Waals surface area contributed by atoms with E-state index in [1.165, 1.54) is 11.1 Å². The highest BCUT2D eigenvalue weighted by molar-refractivity contribution is 9.10. The lowest BCUT2D eigenvalue weighted by molar-refractivity contribution is 0.298. The number of rotatable bonds is 7. The standard InChI is InChI=1S/C25H25BrN4O3/c1-2-32-22-14-18(20(26)15-23(22)33-13-12-27)16-28-30-24(17-8-4-3-5-9-17)29-21-11-7-6-10-19(21)25(30)31/h6-7,10-11,14-17H,2-5,8-9,13H2,1H3. The van der Waals surface area contributed by atoms with Crippen molar-refractivity contribution in [2.75, 3.05) is 13.2 Å². The van der Waals surface area contributed by atoms with E-state index < -0.39 is 0 Å². The summed E-state index contributed by atoms with van der Waals surface area (Å²) in [7, 11) is 0. The molecule has 0 amide bonds. The Bertz CT molecular complexity index is 1270. The van der Waals surface area contributed by atoms with Gasteiger partial charge in [0.15, 0.2) is 18.1 Å². The second-order valence-corrected chi connectivity index (χ2v) is 8.74. The van der Waals surface area contributed by atoms with Gasteiger partial charge in [-0.2, -0.15) is 15.0 Å². The van der Waals surface area contributed by atoms with E-state index in [9.17, 15) is 4.79 Å². The Kier molecular flexibility index (Phi) is 7.40. The summed E-state index contributed by atoms with van der Waals surface area (Å²) in [6, 6.07) is 12.9. The average Bonchev–Trinajstić information content (AvgIpc) is 2.84. The Morgan fingerprint density at radius 3 is 2.73 bits per heavy atom. The van der Waals surface area contributed by atoms with Gasteiger partial charge in [-0.3, -0.25) is 4.79 Å². The van der Waals surface area contributed by atoms with Crippen molar-refractivity contribution in [2.45, 2.75) is 44.9 Å². The smallest absolute Gasteiger partial charge is 0.282 e. The molecular weight excluding hydrogens is 484 g/mol. The lowest BCUT2D eigenvalue weighted by Gasteiger charge is -2.22. The van der Waals surface area contributed by atoms with E-state index in [2.05, 4.69) is 21.0 Å². The molecule has 3 aromatic rings. The van der Waals surface area contributed by atoms with Gasteiger partial charge in [-0.15, -0.1) is 0 Å². The second kappa shape index (κ2) is 10.6. The van der Waals surface area contributed by atoms with Gasteiger partial charge >= 0.3 is 0 Å². The van der Waals surface area contributed by atoms with Crippen molar-refractivity contribution >= 4 is 33.0 Å². The van der Waals surface area contributed by atoms with Crippen LogP contribution in [-0.4, -0.2) is 29.1 Å². The number of aromatic nitrogens is 2. The summed E-state index contributed by atoms with van der Waals surface area (Å²) >= 11 is 3.54. The zero-order valence-electron chi connectivity index (χ0n) is 18.5. The third kappa shape index (κ3) is 5.09. The average molecular weight is 509 g/mol. The van der Waals surface area contributed by atoms with Gasteiger partial charge in [0.05, 0.1) is 23.7 Å². The number of halogens is 1. The molecule has 0 radical (unpaired) electrons. The van der Waals surface area contributed by atoms with Crippen LogP contribution in [0.1, 0.15) is 56.3 Å². The van der Waals surface area contributed by atoms with Crippen molar-refractivity contribution in [1.82, 2.24) is 9.66 Å². The number of hydrogen-bond donors (Lipinski definition) is 0. The fourth-order valence-corrected chi connectivity index (χ4v) is 4.56. The topological polar surface area (TPSA) is 89.5 Å². The van der Waals surface area contributed by atoms with Crippen LogP contribution in [0.15, 0.2) is 50.8 Å². The predicted molar refractivity (Wildman–Crippen MR) is 131 cm³/mol. The number of nitrogens with zero attached hydrogens (tertiary/aromatic N) is 4. The highest BCUT2D eigenvalue weighted by Crippen LogP contribution is 2.34. The van der Waals surface area contributed by atoms with Crippen LogP contribution in [0.4, 0.5) is 0 Å². The first-order chi connectivity index (χ1) is 16.1. The van der Waals surface area contributed by atoms with Gasteiger partial charge in [-0.1, -0.05) is 31.4 Å². The molecule has 1 fully saturated rings. The fraction of sp³-hybridized carbons (Fsp3) is 0.360. The molecule has 1 aromatic heterocycles. The molecule has 0 bridgehead atoms. The summed E-state index contributed by atoms with van der Waals surface area (Å²) in [6.45, 7) is 2.24. The first kappa shape index (κ1) is 23.0. The number of hydrogen-bond acceptors (Lipinski definition) is 6. The molecule has 2 aromatic carbocycles. The lowest BCUT2D eigenvalue weighted by Crippen LogP contribution is -2.25. The summed E-state index contributed by atoms with van der Waals surface area (Å²) in [4.78, 5) is 18.2. The minimum Gasteiger partial charge on any atom is -0.490 e. The van der Waals surface area contributed by atoms with Crippen molar-refractivity contribution < 1.29 is 9.47 Å². The highest BCUT2D eigenvalue weighted by Gasteiger charge is 2.22. The van der Waals surface area contributed by atoms with Crippen molar-refractivity contribution in [2.24, 2.45) is 5.10 Å². The molecule has 0 N–H and O–H groups in total. The Balaban J connectivity index is 1.79. The molecule has 8 heteroatoms. The van der Waals surface area contributed by atoms with Crippen LogP contribution in [0.2, 0.25) is 0 Å². The van der Waals surface area contributed by atoms with E-state index in [-0.39, 0.29) is 18.1 Å². The number of ether oxygens (including phenoxy) is 2. The third-order valence-corrected chi connectivity index (χ3v) is 6.40. The molecule has 1 aliphatic rings. The van der Waals surface area contributed by atoms with Gasteiger partial charge in [0, 0.05) is 16.0 Å². The maximum absolute atomic E-state index is 13.4. The first-order valence-corrected chi connectivity index (χ1v) is 11.9. The summed E-state index contributed by atoms with van der Waals surface area (Å²) in [5.74, 6) is 1.89. The van der Waals surface area contributed by atoms with E-state index in [0.29, 0.717) is 39.3 Å². The van der Waals surface area contributed by atoms with E-state index >= 15 is 0 Å². The minimum absolute atomic E-state index is 0.0805. The minimum atomic E-state index is -0.174. The van der Waals surface area contributed by atoms with Gasteiger partial charge in [-0.05, 0) is 60.0 Å². The largest absolute Gasteiger partial charge is 0.490 e. The van der Waals surface area contributed by atoms with Crippen LogP contribution >= 0.6 is 15.9 Å². The molecule has 4 rings (SSSR count). The molecule has 170 valence electrons. The summed E-state index contributed by atoms with van der Waals surface area (Å²) in [5.41, 5.74) is 1.25. The van der Waals surface area contributed by atoms with Crippen LogP contribution in [0.25, 0.3) is 10.9 Å². The second-order valence-electron chi connectivity index (χ2n) is 7.88. The van der Waals surface area contributed by atoms with E-state index in [0.717, 1.165) is 31.2 Å². The molecule has 1 heterocycles. The Hall–Kier alpha value is -3.18. The van der Waals surface area contributed by atoms with Crippen LogP contribution < -0.4 is 15.0 Å². The van der Waals surface area contributed by atoms with Gasteiger partial charge in [0.2, 0.25) is 0 Å². The SMILES string of the molecule is CCOc1cc(C=Nn2c(C3CCCCC3)nc3ccccc3c2=O)c(Br)cc1OCC#N. The molecule has 1 aliphatic carbocycles. The predicted octanol–water partition coefficient (Wildman–Crippen LogP) is 5.39. The molecule has 0 saturated heterocycles. The summed E-state index contributed by atoms with van der Waals surface area (Å²) in [6.07, 6.45) is 7.11. The molecule has 33 heavy (non-hydrogen) atoms. The third-order valence-electron chi connectivity index (χ3n) is 5.72. The summed E-state index contributed by atoms with van der Waals surface area (Å²) in [5, 5.41) is 14.0. The maximum Gasteiger partial charge on any atom is 0.282 e. The quantitative estimate of drug-likeness (QED) is 0.399. The van der Waals surface area contributed by atoms with Crippen LogP contribution in [0, 0.1) is 11.3 Å². The van der Waals surface area contributed by atoms with Crippen LogP contribution in [0.3, 0.4) is 0 Å². The number of benzene rings is 2. The molecular formula is C25H25BrN4O3. The first-order valence-electron chi connectivity index (χ1n) is 11.1. The van der Waals surface area contributed by atoms with Gasteiger partial charge in [0.25, 0.3) is 5.56 Å². The van der Waals surface area contributed by atoms with Gasteiger partial charge in [0.1, 0.15) is 11.9 Å². The number of fused-ring (bicyclic) bond motifs is 1. The van der Waals surface area contributed by atoms with E-state index in [1.54, 1.807) is 24.4 Å². The Morgan fingerprint density at radius 1 is 1.21 bits per heavy atom. The van der Waals surface area contributed by atoms with Crippen molar-refractivity contribution in [1.29, 1.82) is 5.26 Å². The number of nitriles is 1. The zero-order chi connectivity index (χ0) is 23.2. The van der Waals surface area contributed by atoms with Crippen molar-refractivity contribution in [3.63, 3.8) is 0 Å². The van der Waals surface area contributed by atoms with Crippen LogP contribution in [-0.2, 0) is 0 Å². The molecule has 1 saturated carbocycles. The molecule has 0 spiro atoms. The lowest BCUT2D eigenvalue weighted by atomic mass is 9.88. The molecule has 0 aliphatic heterocycles. The molecule has 0 unspecified atom stereocenters. The normalized spacial score (nSPS) is 14.5. The van der Waals surface area contributed by atoms with E-state index in [4.69, 9.17) is 19.7 Å². The summed E-state index contributed by atoms with van der Waals surface area (Å²) < 4.78 is 13.3. The maximum atomic E-state index is 13.4. The monoisotopic (exact) mass is 508 g/mol. The Labute approximate surface area is 200 Å². The molecule has 7 nitrogen and oxygen atoms in total. The number of para-hydroxylation sites is 1. The van der Waals surface area contributed by atoms with Crippen molar-refractivity contribution in [3.8, 4) is 17.6 Å². The van der Waals surface area contributed by atoms with E-state index in [1.807, 2.05) is 31.2 Å². The zero-order valence-corrected chi connectivity index (χ0v) is 20.0. The van der Waals surface area contributed by atoms with Gasteiger partial charge < -0.3 is 9.47 Å². The Morgan fingerprint density at radius 2 is 1.97 bits per heavy atom. The van der Waals surface area contributed by atoms with Gasteiger partial charge in [-0.25, -0.2) is 4.98 Å². The van der Waals surface area contributed by atoms with Crippen molar-refractivity contribution in [3.05, 3.63) is 62.6 Å². The molecule has 0 atom stereocenters.